The van der Waals surface area contributed by atoms with E-state index in [4.69, 9.17) is 4.74 Å². The molecule has 2 aromatic heterocycles. The van der Waals surface area contributed by atoms with Gasteiger partial charge in [0.2, 0.25) is 5.88 Å². The molecular weight excluding hydrogens is 316 g/mol. The number of carbonyl (C=O) groups excluding carboxylic acids is 1. The van der Waals surface area contributed by atoms with Crippen molar-refractivity contribution in [3.8, 4) is 5.88 Å². The van der Waals surface area contributed by atoms with Crippen LogP contribution in [-0.2, 0) is 0 Å². The summed E-state index contributed by atoms with van der Waals surface area (Å²) < 4.78 is 5.34. The minimum absolute atomic E-state index is 0.193. The highest BCUT2D eigenvalue weighted by Crippen LogP contribution is 2.35. The number of hydrogen-bond acceptors (Lipinski definition) is 4. The van der Waals surface area contributed by atoms with Gasteiger partial charge in [0.15, 0.2) is 0 Å². The molecule has 0 aliphatic heterocycles. The quantitative estimate of drug-likeness (QED) is 0.741. The number of benzene rings is 1. The summed E-state index contributed by atoms with van der Waals surface area (Å²) in [6.45, 7) is 2.39. The summed E-state index contributed by atoms with van der Waals surface area (Å²) in [5.74, 6) is 1.87. The van der Waals surface area contributed by atoms with E-state index in [1.807, 2.05) is 25.1 Å². The molecule has 1 aliphatic rings. The number of aromatic nitrogens is 3. The SMILES string of the molecule is CCOc1cc(C(=O)Nc2ccc3nc(C4CCC4)[nH]c3c2)ccn1. The number of nitrogens with one attached hydrogen (secondary N) is 2. The predicted octanol–water partition coefficient (Wildman–Crippen LogP) is 3.88. The number of anilines is 1. The van der Waals surface area contributed by atoms with Crippen LogP contribution >= 0.6 is 0 Å². The van der Waals surface area contributed by atoms with Gasteiger partial charge in [-0.15, -0.1) is 0 Å². The highest BCUT2D eigenvalue weighted by molar-refractivity contribution is 6.05. The van der Waals surface area contributed by atoms with E-state index in [0.29, 0.717) is 24.0 Å². The first-order valence-electron chi connectivity index (χ1n) is 8.63. The summed E-state index contributed by atoms with van der Waals surface area (Å²) in [7, 11) is 0. The first kappa shape index (κ1) is 15.6. The second-order valence-corrected chi connectivity index (χ2v) is 6.25. The molecule has 25 heavy (non-hydrogen) atoms. The number of H-pyrrole nitrogens is 1. The highest BCUT2D eigenvalue weighted by Gasteiger charge is 2.22. The van der Waals surface area contributed by atoms with E-state index >= 15 is 0 Å². The van der Waals surface area contributed by atoms with Crippen LogP contribution in [0.1, 0.15) is 48.3 Å². The first-order chi connectivity index (χ1) is 12.2. The standard InChI is InChI=1S/C19H20N4O2/c1-2-25-17-10-13(8-9-20-17)19(24)21-14-6-7-15-16(11-14)23-18(22-15)12-4-3-5-12/h6-12H,2-5H2,1H3,(H,21,24)(H,22,23). The minimum Gasteiger partial charge on any atom is -0.478 e. The average molecular weight is 336 g/mol. The second-order valence-electron chi connectivity index (χ2n) is 6.25. The molecular formula is C19H20N4O2. The van der Waals surface area contributed by atoms with Crippen LogP contribution in [0.3, 0.4) is 0 Å². The fraction of sp³-hybridized carbons (Fsp3) is 0.316. The predicted molar refractivity (Wildman–Crippen MR) is 96.0 cm³/mol. The fourth-order valence-corrected chi connectivity index (χ4v) is 2.96. The molecule has 0 atom stereocenters. The van der Waals surface area contributed by atoms with Crippen LogP contribution in [0.2, 0.25) is 0 Å². The molecule has 0 radical (unpaired) electrons. The summed E-state index contributed by atoms with van der Waals surface area (Å²) >= 11 is 0. The maximum atomic E-state index is 12.5. The van der Waals surface area contributed by atoms with E-state index in [-0.39, 0.29) is 5.91 Å². The van der Waals surface area contributed by atoms with Gasteiger partial charge in [-0.2, -0.15) is 0 Å². The summed E-state index contributed by atoms with van der Waals surface area (Å²) in [5.41, 5.74) is 3.13. The highest BCUT2D eigenvalue weighted by atomic mass is 16.5. The Bertz CT molecular complexity index is 915. The molecule has 4 rings (SSSR count). The Balaban J connectivity index is 1.53. The van der Waals surface area contributed by atoms with E-state index in [0.717, 1.165) is 22.5 Å². The number of fused-ring (bicyclic) bond motifs is 1. The zero-order chi connectivity index (χ0) is 17.2. The molecule has 0 bridgehead atoms. The van der Waals surface area contributed by atoms with Crippen LogP contribution in [0.15, 0.2) is 36.5 Å². The third-order valence-electron chi connectivity index (χ3n) is 4.54. The molecule has 1 aliphatic carbocycles. The van der Waals surface area contributed by atoms with E-state index in [1.54, 1.807) is 18.3 Å². The molecule has 3 aromatic rings. The van der Waals surface area contributed by atoms with Crippen LogP contribution in [0.4, 0.5) is 5.69 Å². The monoisotopic (exact) mass is 336 g/mol. The van der Waals surface area contributed by atoms with Crippen molar-refractivity contribution in [1.29, 1.82) is 0 Å². The van der Waals surface area contributed by atoms with Crippen molar-refractivity contribution in [2.75, 3.05) is 11.9 Å². The Labute approximate surface area is 145 Å². The third kappa shape index (κ3) is 3.20. The second kappa shape index (κ2) is 6.55. The van der Waals surface area contributed by atoms with Gasteiger partial charge >= 0.3 is 0 Å². The molecule has 6 nitrogen and oxygen atoms in total. The van der Waals surface area contributed by atoms with Gasteiger partial charge in [-0.05, 0) is 44.0 Å². The normalized spacial score (nSPS) is 14.3. The number of imidazole rings is 1. The van der Waals surface area contributed by atoms with Crippen molar-refractivity contribution in [2.45, 2.75) is 32.1 Å². The van der Waals surface area contributed by atoms with Crippen LogP contribution < -0.4 is 10.1 Å². The molecule has 0 unspecified atom stereocenters. The van der Waals surface area contributed by atoms with Gasteiger partial charge in [0.05, 0.1) is 17.6 Å². The largest absolute Gasteiger partial charge is 0.478 e. The van der Waals surface area contributed by atoms with Crippen LogP contribution in [0, 0.1) is 0 Å². The average Bonchev–Trinajstić information content (AvgIpc) is 2.96. The molecule has 0 saturated heterocycles. The van der Waals surface area contributed by atoms with Gasteiger partial charge < -0.3 is 15.0 Å². The van der Waals surface area contributed by atoms with Gasteiger partial charge in [-0.1, -0.05) is 6.42 Å². The first-order valence-corrected chi connectivity index (χ1v) is 8.63. The number of hydrogen-bond donors (Lipinski definition) is 2. The molecule has 1 amide bonds. The molecule has 1 saturated carbocycles. The summed E-state index contributed by atoms with van der Waals surface area (Å²) in [4.78, 5) is 24.6. The Morgan fingerprint density at radius 1 is 1.32 bits per heavy atom. The van der Waals surface area contributed by atoms with E-state index in [9.17, 15) is 4.79 Å². The number of nitrogens with zero attached hydrogens (tertiary/aromatic N) is 2. The lowest BCUT2D eigenvalue weighted by molar-refractivity contribution is 0.102. The number of pyridine rings is 1. The van der Waals surface area contributed by atoms with Crippen molar-refractivity contribution in [3.63, 3.8) is 0 Å². The number of aromatic amines is 1. The number of rotatable bonds is 5. The van der Waals surface area contributed by atoms with Gasteiger partial charge in [-0.3, -0.25) is 4.79 Å². The van der Waals surface area contributed by atoms with Crippen molar-refractivity contribution in [3.05, 3.63) is 47.9 Å². The van der Waals surface area contributed by atoms with Crippen molar-refractivity contribution >= 4 is 22.6 Å². The Kier molecular flexibility index (Phi) is 4.09. The summed E-state index contributed by atoms with van der Waals surface area (Å²) in [5, 5.41) is 2.92. The smallest absolute Gasteiger partial charge is 0.255 e. The maximum absolute atomic E-state index is 12.5. The Hall–Kier alpha value is -2.89. The molecule has 1 fully saturated rings. The van der Waals surface area contributed by atoms with Crippen molar-refractivity contribution in [2.24, 2.45) is 0 Å². The van der Waals surface area contributed by atoms with E-state index in [1.165, 1.54) is 19.3 Å². The van der Waals surface area contributed by atoms with E-state index in [2.05, 4.69) is 20.3 Å². The maximum Gasteiger partial charge on any atom is 0.255 e. The Morgan fingerprint density at radius 2 is 2.20 bits per heavy atom. The number of carbonyl (C=O) groups is 1. The van der Waals surface area contributed by atoms with E-state index < -0.39 is 0 Å². The Morgan fingerprint density at radius 3 is 2.96 bits per heavy atom. The van der Waals surface area contributed by atoms with Gasteiger partial charge in [0, 0.05) is 29.4 Å². The molecule has 2 heterocycles. The summed E-state index contributed by atoms with van der Waals surface area (Å²) in [6, 6.07) is 9.04. The number of amides is 1. The lowest BCUT2D eigenvalue weighted by atomic mass is 9.85. The third-order valence-corrected chi connectivity index (χ3v) is 4.54. The van der Waals surface area contributed by atoms with Gasteiger partial charge in [0.25, 0.3) is 5.91 Å². The van der Waals surface area contributed by atoms with Crippen molar-refractivity contribution in [1.82, 2.24) is 15.0 Å². The zero-order valence-electron chi connectivity index (χ0n) is 14.1. The molecule has 1 aromatic carbocycles. The lowest BCUT2D eigenvalue weighted by Crippen LogP contribution is -2.12. The lowest BCUT2D eigenvalue weighted by Gasteiger charge is -2.22. The van der Waals surface area contributed by atoms with Crippen LogP contribution in [0.5, 0.6) is 5.88 Å². The van der Waals surface area contributed by atoms with Gasteiger partial charge in [0.1, 0.15) is 5.82 Å². The molecule has 0 spiro atoms. The molecule has 128 valence electrons. The minimum atomic E-state index is -0.193. The van der Waals surface area contributed by atoms with Crippen LogP contribution in [-0.4, -0.2) is 27.5 Å². The van der Waals surface area contributed by atoms with Crippen molar-refractivity contribution < 1.29 is 9.53 Å². The van der Waals surface area contributed by atoms with Gasteiger partial charge in [-0.25, -0.2) is 9.97 Å². The number of ether oxygens (including phenoxy) is 1. The zero-order valence-corrected chi connectivity index (χ0v) is 14.1. The topological polar surface area (TPSA) is 79.9 Å². The fourth-order valence-electron chi connectivity index (χ4n) is 2.96. The molecule has 2 N–H and O–H groups in total. The van der Waals surface area contributed by atoms with Crippen LogP contribution in [0.25, 0.3) is 11.0 Å². The molecule has 6 heteroatoms. The summed E-state index contributed by atoms with van der Waals surface area (Å²) in [6.07, 6.45) is 5.25.